The van der Waals surface area contributed by atoms with Crippen molar-refractivity contribution < 1.29 is 4.74 Å². The maximum absolute atomic E-state index is 11.6. The summed E-state index contributed by atoms with van der Waals surface area (Å²) in [5, 5.41) is 4.14. The van der Waals surface area contributed by atoms with Crippen molar-refractivity contribution in [2.45, 2.75) is 33.3 Å². The van der Waals surface area contributed by atoms with Crippen LogP contribution in [0.4, 0.5) is 5.95 Å². The molecule has 0 aliphatic heterocycles. The van der Waals surface area contributed by atoms with Crippen molar-refractivity contribution in [1.82, 2.24) is 9.97 Å². The molecule has 0 fully saturated rings. The molecule has 1 aromatic heterocycles. The monoisotopic (exact) mass is 376 g/mol. The summed E-state index contributed by atoms with van der Waals surface area (Å²) < 4.78 is 5.82. The van der Waals surface area contributed by atoms with Crippen LogP contribution in [0.5, 0.6) is 5.75 Å². The highest BCUT2D eigenvalue weighted by Crippen LogP contribution is 2.14. The minimum Gasteiger partial charge on any atom is -0.489 e. The number of hydrogen-bond acceptors (Lipinski definition) is 5. The third kappa shape index (κ3) is 5.81. The number of anilines is 1. The SMILES string of the molecule is CCCc1cc(=O)[nH]c(N/N=C/c2ccc(OCc3cccc(C)c3)cc2)n1. The molecular weight excluding hydrogens is 352 g/mol. The summed E-state index contributed by atoms with van der Waals surface area (Å²) in [7, 11) is 0. The van der Waals surface area contributed by atoms with E-state index in [1.807, 2.05) is 43.3 Å². The molecule has 0 aliphatic rings. The van der Waals surface area contributed by atoms with E-state index in [0.29, 0.717) is 12.6 Å². The molecule has 0 spiro atoms. The Morgan fingerprint density at radius 3 is 2.75 bits per heavy atom. The van der Waals surface area contributed by atoms with Crippen LogP contribution in [0.25, 0.3) is 0 Å². The number of aromatic nitrogens is 2. The van der Waals surface area contributed by atoms with Gasteiger partial charge in [0.2, 0.25) is 5.95 Å². The normalized spacial score (nSPS) is 10.9. The smallest absolute Gasteiger partial charge is 0.252 e. The molecule has 0 unspecified atom stereocenters. The second-order valence-electron chi connectivity index (χ2n) is 6.55. The average Bonchev–Trinajstić information content (AvgIpc) is 2.67. The summed E-state index contributed by atoms with van der Waals surface area (Å²) in [5.41, 5.74) is 6.60. The van der Waals surface area contributed by atoms with Crippen LogP contribution in [0, 0.1) is 6.92 Å². The number of H-pyrrole nitrogens is 1. The van der Waals surface area contributed by atoms with Gasteiger partial charge in [-0.1, -0.05) is 43.2 Å². The van der Waals surface area contributed by atoms with E-state index < -0.39 is 0 Å². The van der Waals surface area contributed by atoms with Gasteiger partial charge < -0.3 is 4.74 Å². The summed E-state index contributed by atoms with van der Waals surface area (Å²) in [6.07, 6.45) is 3.35. The molecule has 28 heavy (non-hydrogen) atoms. The van der Waals surface area contributed by atoms with Crippen LogP contribution in [0.15, 0.2) is 64.5 Å². The lowest BCUT2D eigenvalue weighted by Crippen LogP contribution is -2.11. The van der Waals surface area contributed by atoms with Gasteiger partial charge >= 0.3 is 0 Å². The lowest BCUT2D eigenvalue weighted by atomic mass is 10.1. The fourth-order valence-electron chi connectivity index (χ4n) is 2.73. The van der Waals surface area contributed by atoms with Crippen LogP contribution in [0.3, 0.4) is 0 Å². The summed E-state index contributed by atoms with van der Waals surface area (Å²) in [4.78, 5) is 18.6. The Balaban J connectivity index is 1.56. The Morgan fingerprint density at radius 2 is 2.00 bits per heavy atom. The molecule has 0 atom stereocenters. The van der Waals surface area contributed by atoms with Crippen molar-refractivity contribution in [3.05, 3.63) is 87.3 Å². The van der Waals surface area contributed by atoms with Crippen LogP contribution in [0.1, 0.15) is 35.7 Å². The second-order valence-corrected chi connectivity index (χ2v) is 6.55. The first kappa shape index (κ1) is 19.4. The van der Waals surface area contributed by atoms with E-state index in [-0.39, 0.29) is 5.56 Å². The lowest BCUT2D eigenvalue weighted by Gasteiger charge is -2.07. The maximum atomic E-state index is 11.6. The number of rotatable bonds is 8. The fraction of sp³-hybridized carbons (Fsp3) is 0.227. The largest absolute Gasteiger partial charge is 0.489 e. The van der Waals surface area contributed by atoms with Crippen LogP contribution in [0.2, 0.25) is 0 Å². The highest BCUT2D eigenvalue weighted by atomic mass is 16.5. The van der Waals surface area contributed by atoms with Gasteiger partial charge in [0.15, 0.2) is 0 Å². The molecule has 2 aromatic carbocycles. The summed E-state index contributed by atoms with van der Waals surface area (Å²) in [6, 6.07) is 17.4. The van der Waals surface area contributed by atoms with Crippen LogP contribution >= 0.6 is 0 Å². The molecule has 0 saturated heterocycles. The zero-order chi connectivity index (χ0) is 19.8. The van der Waals surface area contributed by atoms with Crippen LogP contribution in [-0.4, -0.2) is 16.2 Å². The summed E-state index contributed by atoms with van der Waals surface area (Å²) >= 11 is 0. The van der Waals surface area contributed by atoms with Gasteiger partial charge in [-0.15, -0.1) is 0 Å². The van der Waals surface area contributed by atoms with Gasteiger partial charge in [0, 0.05) is 11.8 Å². The van der Waals surface area contributed by atoms with Crippen molar-refractivity contribution in [3.63, 3.8) is 0 Å². The van der Waals surface area contributed by atoms with E-state index in [2.05, 4.69) is 39.6 Å². The number of aromatic amines is 1. The summed E-state index contributed by atoms with van der Waals surface area (Å²) in [5.74, 6) is 1.13. The molecule has 144 valence electrons. The molecule has 2 N–H and O–H groups in total. The number of benzene rings is 2. The predicted molar refractivity (Wildman–Crippen MR) is 112 cm³/mol. The van der Waals surface area contributed by atoms with Crippen molar-refractivity contribution in [1.29, 1.82) is 0 Å². The Hall–Kier alpha value is -3.41. The first-order chi connectivity index (χ1) is 13.6. The van der Waals surface area contributed by atoms with Crippen molar-refractivity contribution in [3.8, 4) is 5.75 Å². The van der Waals surface area contributed by atoms with E-state index >= 15 is 0 Å². The van der Waals surface area contributed by atoms with E-state index in [4.69, 9.17) is 4.74 Å². The number of ether oxygens (including phenoxy) is 1. The minimum absolute atomic E-state index is 0.189. The minimum atomic E-state index is -0.189. The first-order valence-corrected chi connectivity index (χ1v) is 9.30. The zero-order valence-electron chi connectivity index (χ0n) is 16.1. The number of aryl methyl sites for hydroxylation is 2. The number of hydrogen-bond donors (Lipinski definition) is 2. The molecule has 3 aromatic rings. The third-order valence-electron chi connectivity index (χ3n) is 4.05. The number of nitrogens with zero attached hydrogens (tertiary/aromatic N) is 2. The molecule has 3 rings (SSSR count). The predicted octanol–water partition coefficient (Wildman–Crippen LogP) is 4.06. The van der Waals surface area contributed by atoms with Gasteiger partial charge in [-0.25, -0.2) is 10.4 Å². The van der Waals surface area contributed by atoms with Gasteiger partial charge in [0.05, 0.1) is 6.21 Å². The highest BCUT2D eigenvalue weighted by molar-refractivity contribution is 5.80. The second kappa shape index (κ2) is 9.50. The maximum Gasteiger partial charge on any atom is 0.252 e. The van der Waals surface area contributed by atoms with Gasteiger partial charge in [-0.2, -0.15) is 5.10 Å². The standard InChI is InChI=1S/C22H24N4O2/c1-3-5-19-13-21(27)25-22(24-19)26-23-14-17-8-10-20(11-9-17)28-15-18-7-4-6-16(2)12-18/h4,6-14H,3,5,15H2,1-2H3,(H2,24,25,26,27)/b23-14+. The molecule has 0 aliphatic carbocycles. The van der Waals surface area contributed by atoms with E-state index in [9.17, 15) is 4.79 Å². The number of nitrogens with one attached hydrogen (secondary N) is 2. The average molecular weight is 376 g/mol. The molecular formula is C22H24N4O2. The highest BCUT2D eigenvalue weighted by Gasteiger charge is 2.00. The van der Waals surface area contributed by atoms with Crippen molar-refractivity contribution in [2.24, 2.45) is 5.10 Å². The first-order valence-electron chi connectivity index (χ1n) is 9.30. The van der Waals surface area contributed by atoms with Gasteiger partial charge in [-0.05, 0) is 48.7 Å². The Bertz CT molecular complexity index is 994. The van der Waals surface area contributed by atoms with Gasteiger partial charge in [-0.3, -0.25) is 9.78 Å². The number of hydrazone groups is 1. The molecule has 0 saturated carbocycles. The quantitative estimate of drug-likeness (QED) is 0.459. The fourth-order valence-corrected chi connectivity index (χ4v) is 2.73. The van der Waals surface area contributed by atoms with Gasteiger partial charge in [0.1, 0.15) is 12.4 Å². The third-order valence-corrected chi connectivity index (χ3v) is 4.05. The molecule has 0 amide bonds. The van der Waals surface area contributed by atoms with Gasteiger partial charge in [0.25, 0.3) is 5.56 Å². The van der Waals surface area contributed by atoms with Crippen molar-refractivity contribution in [2.75, 3.05) is 5.43 Å². The molecule has 1 heterocycles. The van der Waals surface area contributed by atoms with Crippen LogP contribution < -0.4 is 15.7 Å². The van der Waals surface area contributed by atoms with E-state index in [1.54, 1.807) is 6.21 Å². The molecule has 0 bridgehead atoms. The lowest BCUT2D eigenvalue weighted by molar-refractivity contribution is 0.306. The Kier molecular flexibility index (Phi) is 6.57. The summed E-state index contributed by atoms with van der Waals surface area (Å²) in [6.45, 7) is 4.64. The molecule has 0 radical (unpaired) electrons. The Morgan fingerprint density at radius 1 is 1.18 bits per heavy atom. The Labute approximate surface area is 164 Å². The topological polar surface area (TPSA) is 79.4 Å². The van der Waals surface area contributed by atoms with E-state index in [1.165, 1.54) is 11.6 Å². The van der Waals surface area contributed by atoms with Crippen molar-refractivity contribution >= 4 is 12.2 Å². The van der Waals surface area contributed by atoms with Crippen LogP contribution in [-0.2, 0) is 13.0 Å². The van der Waals surface area contributed by atoms with E-state index in [0.717, 1.165) is 35.4 Å². The zero-order valence-corrected chi connectivity index (χ0v) is 16.1. The molecule has 6 nitrogen and oxygen atoms in total. The molecule has 6 heteroatoms.